The predicted molar refractivity (Wildman–Crippen MR) is 62.4 cm³/mol. The molecule has 1 saturated heterocycles. The van der Waals surface area contributed by atoms with Crippen molar-refractivity contribution in [3.05, 3.63) is 29.8 Å². The molecule has 2 amide bonds. The molecule has 1 N–H and O–H groups in total. The van der Waals surface area contributed by atoms with Gasteiger partial charge in [-0.2, -0.15) is 0 Å². The molecular formula is C12H14N2O3. The summed E-state index contributed by atoms with van der Waals surface area (Å²) < 4.78 is 0. The Morgan fingerprint density at radius 1 is 1.18 bits per heavy atom. The lowest BCUT2D eigenvalue weighted by molar-refractivity contribution is -0.143. The van der Waals surface area contributed by atoms with Gasteiger partial charge in [-0.3, -0.25) is 14.5 Å². The standard InChI is InChI=1S/C12H14N2O3/c1-13-11(16)6-14(7-12(13)17)10-5-3-2-4-9(10)8-15/h2-5,15H,6-8H2,1H3. The Labute approximate surface area is 99.3 Å². The van der Waals surface area contributed by atoms with E-state index in [1.165, 1.54) is 7.05 Å². The molecule has 0 bridgehead atoms. The fraction of sp³-hybridized carbons (Fsp3) is 0.333. The highest BCUT2D eigenvalue weighted by Gasteiger charge is 2.28. The minimum atomic E-state index is -0.228. The Morgan fingerprint density at radius 3 is 2.35 bits per heavy atom. The summed E-state index contributed by atoms with van der Waals surface area (Å²) in [5.74, 6) is -0.456. The number of aliphatic hydroxyl groups excluding tert-OH is 1. The van der Waals surface area contributed by atoms with Crippen LogP contribution in [0.1, 0.15) is 5.56 Å². The molecule has 1 aromatic carbocycles. The molecule has 1 aromatic rings. The van der Waals surface area contributed by atoms with Gasteiger partial charge in [-0.05, 0) is 6.07 Å². The van der Waals surface area contributed by atoms with E-state index in [-0.39, 0.29) is 31.5 Å². The van der Waals surface area contributed by atoms with E-state index in [0.29, 0.717) is 0 Å². The number of likely N-dealkylation sites (N-methyl/N-ethyl adjacent to an activating group) is 1. The van der Waals surface area contributed by atoms with Gasteiger partial charge in [0.1, 0.15) is 0 Å². The van der Waals surface area contributed by atoms with Crippen LogP contribution in [-0.4, -0.2) is 42.0 Å². The monoisotopic (exact) mass is 234 g/mol. The first-order chi connectivity index (χ1) is 8.13. The number of carbonyl (C=O) groups is 2. The van der Waals surface area contributed by atoms with E-state index in [0.717, 1.165) is 16.2 Å². The molecule has 2 rings (SSSR count). The fourth-order valence-electron chi connectivity index (χ4n) is 1.86. The molecule has 17 heavy (non-hydrogen) atoms. The van der Waals surface area contributed by atoms with Crippen LogP contribution in [0.3, 0.4) is 0 Å². The summed E-state index contributed by atoms with van der Waals surface area (Å²) in [5, 5.41) is 9.23. The van der Waals surface area contributed by atoms with Crippen LogP contribution < -0.4 is 4.90 Å². The molecule has 0 aliphatic carbocycles. The molecular weight excluding hydrogens is 220 g/mol. The number of amides is 2. The topological polar surface area (TPSA) is 60.9 Å². The SMILES string of the molecule is CN1C(=O)CN(c2ccccc2CO)CC1=O. The Morgan fingerprint density at radius 2 is 1.76 bits per heavy atom. The lowest BCUT2D eigenvalue weighted by Gasteiger charge is -2.32. The summed E-state index contributed by atoms with van der Waals surface area (Å²) in [6.07, 6.45) is 0. The van der Waals surface area contributed by atoms with E-state index in [1.54, 1.807) is 17.0 Å². The van der Waals surface area contributed by atoms with Crippen LogP contribution in [0.15, 0.2) is 24.3 Å². The van der Waals surface area contributed by atoms with Crippen LogP contribution in [-0.2, 0) is 16.2 Å². The third-order valence-electron chi connectivity index (χ3n) is 2.90. The van der Waals surface area contributed by atoms with Crippen LogP contribution in [0.5, 0.6) is 0 Å². The molecule has 5 heteroatoms. The van der Waals surface area contributed by atoms with Gasteiger partial charge in [-0.15, -0.1) is 0 Å². The number of carbonyl (C=O) groups excluding carboxylic acids is 2. The van der Waals surface area contributed by atoms with E-state index < -0.39 is 0 Å². The van der Waals surface area contributed by atoms with E-state index in [1.807, 2.05) is 12.1 Å². The summed E-state index contributed by atoms with van der Waals surface area (Å²) in [4.78, 5) is 26.0. The number of imide groups is 1. The smallest absolute Gasteiger partial charge is 0.248 e. The number of benzene rings is 1. The average Bonchev–Trinajstić information content (AvgIpc) is 2.35. The molecule has 1 heterocycles. The third-order valence-corrected chi connectivity index (χ3v) is 2.90. The zero-order valence-corrected chi connectivity index (χ0v) is 9.59. The average molecular weight is 234 g/mol. The molecule has 0 atom stereocenters. The van der Waals surface area contributed by atoms with E-state index in [2.05, 4.69) is 0 Å². The minimum absolute atomic E-state index is 0.106. The summed E-state index contributed by atoms with van der Waals surface area (Å²) in [6.45, 7) is 0.226. The quantitative estimate of drug-likeness (QED) is 0.731. The highest BCUT2D eigenvalue weighted by atomic mass is 16.3. The van der Waals surface area contributed by atoms with Crippen LogP contribution in [0.2, 0.25) is 0 Å². The van der Waals surface area contributed by atoms with Gasteiger partial charge in [-0.1, -0.05) is 18.2 Å². The third kappa shape index (κ3) is 2.14. The molecule has 0 aromatic heterocycles. The molecule has 0 spiro atoms. The highest BCUT2D eigenvalue weighted by molar-refractivity contribution is 6.02. The number of aliphatic hydroxyl groups is 1. The normalized spacial score (nSPS) is 16.6. The van der Waals surface area contributed by atoms with Crippen LogP contribution in [0, 0.1) is 0 Å². The maximum atomic E-state index is 11.6. The van der Waals surface area contributed by atoms with Gasteiger partial charge in [-0.25, -0.2) is 0 Å². The lowest BCUT2D eigenvalue weighted by atomic mass is 10.1. The van der Waals surface area contributed by atoms with Crippen molar-refractivity contribution < 1.29 is 14.7 Å². The van der Waals surface area contributed by atoms with Crippen LogP contribution in [0.25, 0.3) is 0 Å². The molecule has 1 fully saturated rings. The Balaban J connectivity index is 2.29. The number of hydrogen-bond donors (Lipinski definition) is 1. The molecule has 5 nitrogen and oxygen atoms in total. The number of piperazine rings is 1. The molecule has 0 radical (unpaired) electrons. The highest BCUT2D eigenvalue weighted by Crippen LogP contribution is 2.22. The van der Waals surface area contributed by atoms with Gasteiger partial charge in [0.2, 0.25) is 11.8 Å². The van der Waals surface area contributed by atoms with Crippen LogP contribution in [0.4, 0.5) is 5.69 Å². The van der Waals surface area contributed by atoms with Crippen molar-refractivity contribution >= 4 is 17.5 Å². The molecule has 1 aliphatic heterocycles. The van der Waals surface area contributed by atoms with Gasteiger partial charge in [0.05, 0.1) is 19.7 Å². The van der Waals surface area contributed by atoms with Gasteiger partial charge < -0.3 is 10.0 Å². The van der Waals surface area contributed by atoms with Crippen molar-refractivity contribution in [3.8, 4) is 0 Å². The van der Waals surface area contributed by atoms with E-state index in [9.17, 15) is 14.7 Å². The summed E-state index contributed by atoms with van der Waals surface area (Å²) in [6, 6.07) is 7.22. The van der Waals surface area contributed by atoms with Gasteiger partial charge in [0.25, 0.3) is 0 Å². The van der Waals surface area contributed by atoms with Gasteiger partial charge >= 0.3 is 0 Å². The second-order valence-electron chi connectivity index (χ2n) is 3.99. The first-order valence-corrected chi connectivity index (χ1v) is 5.36. The van der Waals surface area contributed by atoms with E-state index in [4.69, 9.17) is 0 Å². The number of hydrogen-bond acceptors (Lipinski definition) is 4. The largest absolute Gasteiger partial charge is 0.392 e. The van der Waals surface area contributed by atoms with Crippen LogP contribution >= 0.6 is 0 Å². The first-order valence-electron chi connectivity index (χ1n) is 5.36. The van der Waals surface area contributed by atoms with E-state index >= 15 is 0 Å². The number of anilines is 1. The van der Waals surface area contributed by atoms with Crippen molar-refractivity contribution in [1.82, 2.24) is 4.90 Å². The number of para-hydroxylation sites is 1. The van der Waals surface area contributed by atoms with Gasteiger partial charge in [0, 0.05) is 18.3 Å². The van der Waals surface area contributed by atoms with Crippen molar-refractivity contribution in [2.75, 3.05) is 25.0 Å². The molecule has 0 unspecified atom stereocenters. The summed E-state index contributed by atoms with van der Waals surface area (Å²) in [7, 11) is 1.49. The second kappa shape index (κ2) is 4.55. The maximum absolute atomic E-state index is 11.6. The maximum Gasteiger partial charge on any atom is 0.248 e. The Bertz CT molecular complexity index is 441. The zero-order chi connectivity index (χ0) is 12.4. The predicted octanol–water partition coefficient (Wildman–Crippen LogP) is -0.0161. The lowest BCUT2D eigenvalue weighted by Crippen LogP contribution is -2.52. The van der Waals surface area contributed by atoms with Crippen molar-refractivity contribution in [3.63, 3.8) is 0 Å². The molecule has 0 saturated carbocycles. The zero-order valence-electron chi connectivity index (χ0n) is 9.59. The molecule has 1 aliphatic rings. The van der Waals surface area contributed by atoms with Crippen molar-refractivity contribution in [2.45, 2.75) is 6.61 Å². The second-order valence-corrected chi connectivity index (χ2v) is 3.99. The Hall–Kier alpha value is -1.88. The first kappa shape index (κ1) is 11.6. The Kier molecular flexibility index (Phi) is 3.10. The summed E-state index contributed by atoms with van der Waals surface area (Å²) >= 11 is 0. The number of rotatable bonds is 2. The minimum Gasteiger partial charge on any atom is -0.392 e. The number of nitrogens with zero attached hydrogens (tertiary/aromatic N) is 2. The van der Waals surface area contributed by atoms with Gasteiger partial charge in [0.15, 0.2) is 0 Å². The fourth-order valence-corrected chi connectivity index (χ4v) is 1.86. The molecule has 90 valence electrons. The van der Waals surface area contributed by atoms with Crippen molar-refractivity contribution in [1.29, 1.82) is 0 Å². The van der Waals surface area contributed by atoms with Crippen molar-refractivity contribution in [2.24, 2.45) is 0 Å². The summed E-state index contributed by atoms with van der Waals surface area (Å²) in [5.41, 5.74) is 1.46.